The topological polar surface area (TPSA) is 94.9 Å². The number of rotatable bonds is 9. The zero-order chi connectivity index (χ0) is 20.9. The molecule has 152 valence electrons. The predicted molar refractivity (Wildman–Crippen MR) is 107 cm³/mol. The van der Waals surface area contributed by atoms with E-state index in [1.165, 1.54) is 24.3 Å². The third-order valence-corrected chi connectivity index (χ3v) is 6.41. The van der Waals surface area contributed by atoms with Gasteiger partial charge in [0.25, 0.3) is 0 Å². The lowest BCUT2D eigenvalue weighted by Gasteiger charge is -2.29. The molecule has 28 heavy (non-hydrogen) atoms. The van der Waals surface area contributed by atoms with E-state index in [2.05, 4.69) is 0 Å². The summed E-state index contributed by atoms with van der Waals surface area (Å²) in [6.07, 6.45) is 0.177. The maximum atomic E-state index is 13.3. The van der Waals surface area contributed by atoms with E-state index < -0.39 is 22.0 Å². The molecule has 0 radical (unpaired) electrons. The molecular weight excluding hydrogens is 402 g/mol. The molecule has 2 N–H and O–H groups in total. The third kappa shape index (κ3) is 5.54. The molecule has 0 aromatic heterocycles. The summed E-state index contributed by atoms with van der Waals surface area (Å²) in [4.78, 5) is 11.9. The third-order valence-electron chi connectivity index (χ3n) is 4.29. The van der Waals surface area contributed by atoms with Gasteiger partial charge in [-0.05, 0) is 47.7 Å². The van der Waals surface area contributed by atoms with Crippen molar-refractivity contribution in [2.24, 2.45) is 5.92 Å². The quantitative estimate of drug-likeness (QED) is 0.640. The van der Waals surface area contributed by atoms with Crippen LogP contribution in [0.3, 0.4) is 0 Å². The van der Waals surface area contributed by atoms with Gasteiger partial charge in [-0.2, -0.15) is 4.31 Å². The molecule has 0 saturated carbocycles. The maximum absolute atomic E-state index is 13.3. The minimum atomic E-state index is -4.08. The van der Waals surface area contributed by atoms with Crippen LogP contribution in [0.25, 0.3) is 0 Å². The summed E-state index contributed by atoms with van der Waals surface area (Å²) in [6, 6.07) is 11.2. The van der Waals surface area contributed by atoms with Crippen LogP contribution < -0.4 is 0 Å². The van der Waals surface area contributed by atoms with E-state index in [-0.39, 0.29) is 30.4 Å². The van der Waals surface area contributed by atoms with E-state index in [0.717, 1.165) is 4.31 Å². The van der Waals surface area contributed by atoms with Crippen molar-refractivity contribution in [2.75, 3.05) is 0 Å². The van der Waals surface area contributed by atoms with Crippen LogP contribution in [-0.2, 0) is 28.0 Å². The highest BCUT2D eigenvalue weighted by Crippen LogP contribution is 2.26. The number of hydrogen-bond donors (Lipinski definition) is 2. The number of benzene rings is 2. The molecule has 0 aliphatic carbocycles. The summed E-state index contributed by atoms with van der Waals surface area (Å²) in [5.41, 5.74) is 1.32. The van der Waals surface area contributed by atoms with Gasteiger partial charge in [-0.1, -0.05) is 49.7 Å². The Kier molecular flexibility index (Phi) is 7.60. The molecule has 0 heterocycles. The van der Waals surface area contributed by atoms with Gasteiger partial charge in [0.1, 0.15) is 6.04 Å². The van der Waals surface area contributed by atoms with Crippen LogP contribution in [0.2, 0.25) is 5.02 Å². The Balaban J connectivity index is 2.49. The average molecular weight is 426 g/mol. The summed E-state index contributed by atoms with van der Waals surface area (Å²) in [7, 11) is -4.08. The van der Waals surface area contributed by atoms with Crippen molar-refractivity contribution in [3.05, 3.63) is 64.7 Å². The molecule has 0 aliphatic heterocycles. The molecule has 0 aliphatic rings. The van der Waals surface area contributed by atoms with Crippen LogP contribution >= 0.6 is 11.6 Å². The van der Waals surface area contributed by atoms with Crippen LogP contribution in [0.15, 0.2) is 53.4 Å². The zero-order valence-corrected chi connectivity index (χ0v) is 17.3. The zero-order valence-electron chi connectivity index (χ0n) is 15.7. The van der Waals surface area contributed by atoms with E-state index >= 15 is 0 Å². The van der Waals surface area contributed by atoms with Gasteiger partial charge in [-0.25, -0.2) is 8.42 Å². The maximum Gasteiger partial charge on any atom is 0.322 e. The van der Waals surface area contributed by atoms with Crippen molar-refractivity contribution in [1.82, 2.24) is 4.31 Å². The SMILES string of the molecule is CC(C)C[C@H](C(=O)O)N(Cc1ccc(CO)cc1)S(=O)(=O)c1ccc(Cl)cc1. The summed E-state index contributed by atoms with van der Waals surface area (Å²) < 4.78 is 27.6. The minimum Gasteiger partial charge on any atom is -0.480 e. The van der Waals surface area contributed by atoms with Crippen LogP contribution in [0.5, 0.6) is 0 Å². The number of nitrogens with zero attached hydrogens (tertiary/aromatic N) is 1. The number of aliphatic carboxylic acids is 1. The number of hydrogen-bond acceptors (Lipinski definition) is 4. The molecule has 0 bridgehead atoms. The van der Waals surface area contributed by atoms with Gasteiger partial charge in [0.2, 0.25) is 10.0 Å². The minimum absolute atomic E-state index is 0.0132. The first-order chi connectivity index (χ1) is 13.1. The Morgan fingerprint density at radius 1 is 1.04 bits per heavy atom. The summed E-state index contributed by atoms with van der Waals surface area (Å²) in [5, 5.41) is 19.3. The van der Waals surface area contributed by atoms with Crippen molar-refractivity contribution in [1.29, 1.82) is 0 Å². The first-order valence-electron chi connectivity index (χ1n) is 8.84. The molecule has 6 nitrogen and oxygen atoms in total. The lowest BCUT2D eigenvalue weighted by molar-refractivity contribution is -0.142. The first-order valence-corrected chi connectivity index (χ1v) is 10.7. The first kappa shape index (κ1) is 22.4. The molecule has 0 fully saturated rings. The Labute approximate surface area is 170 Å². The number of carboxylic acids is 1. The van der Waals surface area contributed by atoms with Gasteiger partial charge < -0.3 is 10.2 Å². The smallest absolute Gasteiger partial charge is 0.322 e. The van der Waals surface area contributed by atoms with Gasteiger partial charge in [0.05, 0.1) is 11.5 Å². The largest absolute Gasteiger partial charge is 0.480 e. The van der Waals surface area contributed by atoms with Crippen molar-refractivity contribution >= 4 is 27.6 Å². The molecular formula is C20H24ClNO5S. The summed E-state index contributed by atoms with van der Waals surface area (Å²) in [6.45, 7) is 3.47. The fraction of sp³-hybridized carbons (Fsp3) is 0.350. The van der Waals surface area contributed by atoms with Gasteiger partial charge in [0, 0.05) is 11.6 Å². The fourth-order valence-electron chi connectivity index (χ4n) is 2.82. The molecule has 0 spiro atoms. The second-order valence-electron chi connectivity index (χ2n) is 6.96. The number of aliphatic hydroxyl groups excluding tert-OH is 1. The Morgan fingerprint density at radius 2 is 1.57 bits per heavy atom. The highest BCUT2D eigenvalue weighted by molar-refractivity contribution is 7.89. The normalized spacial score (nSPS) is 13.1. The van der Waals surface area contributed by atoms with Gasteiger partial charge in [-0.15, -0.1) is 0 Å². The molecule has 0 saturated heterocycles. The fourth-order valence-corrected chi connectivity index (χ4v) is 4.53. The lowest BCUT2D eigenvalue weighted by Crippen LogP contribution is -2.45. The highest BCUT2D eigenvalue weighted by atomic mass is 35.5. The lowest BCUT2D eigenvalue weighted by atomic mass is 10.0. The van der Waals surface area contributed by atoms with Crippen molar-refractivity contribution in [2.45, 2.75) is 44.4 Å². The van der Waals surface area contributed by atoms with Crippen LogP contribution in [0.1, 0.15) is 31.4 Å². The van der Waals surface area contributed by atoms with Gasteiger partial charge in [0.15, 0.2) is 0 Å². The van der Waals surface area contributed by atoms with Gasteiger partial charge in [-0.3, -0.25) is 4.79 Å². The summed E-state index contributed by atoms with van der Waals surface area (Å²) in [5.74, 6) is -1.21. The Bertz CT molecular complexity index is 895. The molecule has 0 unspecified atom stereocenters. The standard InChI is InChI=1S/C20H24ClNO5S/c1-14(2)11-19(20(24)25)22(12-15-3-5-16(13-23)6-4-15)28(26,27)18-9-7-17(21)8-10-18/h3-10,14,19,23H,11-13H2,1-2H3,(H,24,25)/t19-/m1/s1. The van der Waals surface area contributed by atoms with Crippen LogP contribution in [0, 0.1) is 5.92 Å². The van der Waals surface area contributed by atoms with Crippen molar-refractivity contribution in [3.63, 3.8) is 0 Å². The predicted octanol–water partition coefficient (Wildman–Crippen LogP) is 3.52. The molecule has 2 aromatic carbocycles. The monoisotopic (exact) mass is 425 g/mol. The number of carboxylic acid groups (broad SMARTS) is 1. The van der Waals surface area contributed by atoms with Crippen molar-refractivity contribution in [3.8, 4) is 0 Å². The molecule has 0 amide bonds. The van der Waals surface area contributed by atoms with E-state index in [0.29, 0.717) is 16.1 Å². The van der Waals surface area contributed by atoms with E-state index in [9.17, 15) is 23.4 Å². The number of sulfonamides is 1. The molecule has 1 atom stereocenters. The van der Waals surface area contributed by atoms with Crippen molar-refractivity contribution < 1.29 is 23.4 Å². The molecule has 8 heteroatoms. The Morgan fingerprint density at radius 3 is 2.04 bits per heavy atom. The highest BCUT2D eigenvalue weighted by Gasteiger charge is 2.36. The van der Waals surface area contributed by atoms with E-state index in [1.807, 2.05) is 13.8 Å². The number of carbonyl (C=O) groups is 1. The Hall–Kier alpha value is -1.93. The van der Waals surface area contributed by atoms with Crippen LogP contribution in [0.4, 0.5) is 0 Å². The van der Waals surface area contributed by atoms with Crippen LogP contribution in [-0.4, -0.2) is 34.9 Å². The average Bonchev–Trinajstić information content (AvgIpc) is 2.65. The second-order valence-corrected chi connectivity index (χ2v) is 9.29. The van der Waals surface area contributed by atoms with E-state index in [4.69, 9.17) is 11.6 Å². The number of halogens is 1. The summed E-state index contributed by atoms with van der Waals surface area (Å²) >= 11 is 5.86. The van der Waals surface area contributed by atoms with E-state index in [1.54, 1.807) is 24.3 Å². The number of aliphatic hydroxyl groups is 1. The van der Waals surface area contributed by atoms with Gasteiger partial charge >= 0.3 is 5.97 Å². The molecule has 2 rings (SSSR count). The molecule has 2 aromatic rings. The second kappa shape index (κ2) is 9.52.